The number of carboxylic acids is 1. The second-order valence-electron chi connectivity index (χ2n) is 3.22. The molecule has 1 N–H and O–H groups in total. The summed E-state index contributed by atoms with van der Waals surface area (Å²) in [6, 6.07) is 5.16. The third-order valence-corrected chi connectivity index (χ3v) is 2.98. The Morgan fingerprint density at radius 2 is 2.20 bits per heavy atom. The summed E-state index contributed by atoms with van der Waals surface area (Å²) in [5.41, 5.74) is 0.958. The van der Waals surface area contributed by atoms with E-state index >= 15 is 0 Å². The van der Waals surface area contributed by atoms with Crippen molar-refractivity contribution in [2.75, 3.05) is 6.26 Å². The molecule has 0 amide bonds. The minimum Gasteiger partial charge on any atom is -0.478 e. The molecule has 0 atom stereocenters. The van der Waals surface area contributed by atoms with Crippen molar-refractivity contribution in [1.29, 1.82) is 0 Å². The summed E-state index contributed by atoms with van der Waals surface area (Å²) in [7, 11) is 0. The van der Waals surface area contributed by atoms with E-state index in [1.807, 2.05) is 13.2 Å². The van der Waals surface area contributed by atoms with Crippen molar-refractivity contribution in [1.82, 2.24) is 0 Å². The Hall–Kier alpha value is -1.42. The van der Waals surface area contributed by atoms with Crippen molar-refractivity contribution in [2.24, 2.45) is 0 Å². The fraction of sp³-hybridized carbons (Fsp3) is 0.182. The number of furan rings is 1. The summed E-state index contributed by atoms with van der Waals surface area (Å²) in [6.45, 7) is 1.82. The number of benzene rings is 1. The molecule has 0 saturated carbocycles. The minimum absolute atomic E-state index is 0.291. The van der Waals surface area contributed by atoms with E-state index in [4.69, 9.17) is 9.52 Å². The monoisotopic (exact) mass is 222 g/mol. The molecule has 0 aliphatic carbocycles. The van der Waals surface area contributed by atoms with Gasteiger partial charge in [0.2, 0.25) is 0 Å². The van der Waals surface area contributed by atoms with Gasteiger partial charge in [-0.25, -0.2) is 4.79 Å². The van der Waals surface area contributed by atoms with Crippen LogP contribution < -0.4 is 0 Å². The molecule has 0 fully saturated rings. The number of fused-ring (bicyclic) bond motifs is 1. The van der Waals surface area contributed by atoms with Gasteiger partial charge in [-0.3, -0.25) is 0 Å². The van der Waals surface area contributed by atoms with E-state index in [-0.39, 0.29) is 0 Å². The number of hydrogen-bond donors (Lipinski definition) is 1. The summed E-state index contributed by atoms with van der Waals surface area (Å²) in [5, 5.41) is 9.68. The molecule has 15 heavy (non-hydrogen) atoms. The average molecular weight is 222 g/mol. The van der Waals surface area contributed by atoms with E-state index in [0.29, 0.717) is 16.5 Å². The van der Waals surface area contributed by atoms with E-state index in [1.165, 1.54) is 0 Å². The summed E-state index contributed by atoms with van der Waals surface area (Å²) in [4.78, 5) is 11.9. The fourth-order valence-electron chi connectivity index (χ4n) is 1.57. The smallest absolute Gasteiger partial charge is 0.336 e. The molecule has 0 spiro atoms. The third-order valence-electron chi connectivity index (χ3n) is 2.22. The zero-order valence-electron chi connectivity index (χ0n) is 8.40. The van der Waals surface area contributed by atoms with Gasteiger partial charge in [0.15, 0.2) is 0 Å². The fourth-order valence-corrected chi connectivity index (χ4v) is 2.11. The maximum atomic E-state index is 11.0. The first-order chi connectivity index (χ1) is 7.13. The molecule has 1 aromatic carbocycles. The first-order valence-corrected chi connectivity index (χ1v) is 5.66. The Bertz CT molecular complexity index is 528. The molecular weight excluding hydrogens is 212 g/mol. The first-order valence-electron chi connectivity index (χ1n) is 4.44. The lowest BCUT2D eigenvalue weighted by molar-refractivity contribution is 0.0699. The van der Waals surface area contributed by atoms with Gasteiger partial charge in [-0.05, 0) is 31.4 Å². The normalized spacial score (nSPS) is 10.8. The zero-order valence-corrected chi connectivity index (χ0v) is 9.22. The quantitative estimate of drug-likeness (QED) is 0.793. The van der Waals surface area contributed by atoms with Gasteiger partial charge in [-0.2, -0.15) is 0 Å². The van der Waals surface area contributed by atoms with E-state index in [9.17, 15) is 4.79 Å². The van der Waals surface area contributed by atoms with Crippen LogP contribution in [0, 0.1) is 6.92 Å². The van der Waals surface area contributed by atoms with Gasteiger partial charge in [0.25, 0.3) is 0 Å². The van der Waals surface area contributed by atoms with Crippen LogP contribution in [0.2, 0.25) is 0 Å². The molecule has 1 aromatic heterocycles. The van der Waals surface area contributed by atoms with Gasteiger partial charge in [0.1, 0.15) is 11.3 Å². The number of aromatic carboxylic acids is 1. The van der Waals surface area contributed by atoms with Gasteiger partial charge in [-0.15, -0.1) is 11.8 Å². The van der Waals surface area contributed by atoms with Crippen LogP contribution in [0.5, 0.6) is 0 Å². The van der Waals surface area contributed by atoms with Crippen LogP contribution in [0.3, 0.4) is 0 Å². The Morgan fingerprint density at radius 1 is 1.47 bits per heavy atom. The van der Waals surface area contributed by atoms with Gasteiger partial charge in [0.05, 0.1) is 10.5 Å². The molecule has 2 rings (SSSR count). The van der Waals surface area contributed by atoms with Gasteiger partial charge >= 0.3 is 5.97 Å². The summed E-state index contributed by atoms with van der Waals surface area (Å²) < 4.78 is 5.50. The van der Waals surface area contributed by atoms with Crippen molar-refractivity contribution < 1.29 is 14.3 Å². The molecule has 0 unspecified atom stereocenters. The lowest BCUT2D eigenvalue weighted by Gasteiger charge is -2.00. The lowest BCUT2D eigenvalue weighted by atomic mass is 10.1. The highest BCUT2D eigenvalue weighted by atomic mass is 32.2. The predicted molar refractivity (Wildman–Crippen MR) is 59.7 cm³/mol. The van der Waals surface area contributed by atoms with E-state index in [2.05, 4.69) is 0 Å². The second kappa shape index (κ2) is 3.62. The van der Waals surface area contributed by atoms with Gasteiger partial charge < -0.3 is 9.52 Å². The third kappa shape index (κ3) is 1.61. The van der Waals surface area contributed by atoms with Crippen molar-refractivity contribution in [3.05, 3.63) is 29.5 Å². The highest BCUT2D eigenvalue weighted by Gasteiger charge is 2.14. The largest absolute Gasteiger partial charge is 0.478 e. The molecular formula is C11H10O3S. The van der Waals surface area contributed by atoms with Crippen molar-refractivity contribution >= 4 is 28.7 Å². The maximum absolute atomic E-state index is 11.0. The molecule has 4 heteroatoms. The van der Waals surface area contributed by atoms with Crippen molar-refractivity contribution in [2.45, 2.75) is 11.8 Å². The van der Waals surface area contributed by atoms with Crippen LogP contribution in [-0.4, -0.2) is 17.3 Å². The Labute approximate surface area is 91.1 Å². The van der Waals surface area contributed by atoms with Crippen LogP contribution in [0.25, 0.3) is 11.0 Å². The van der Waals surface area contributed by atoms with Gasteiger partial charge in [-0.1, -0.05) is 0 Å². The standard InChI is InChI=1S/C11H10O3S/c1-6-5-8-7(11(12)13)3-4-9(15-2)10(8)14-6/h3-5H,1-2H3,(H,12,13). The number of carbonyl (C=O) groups is 1. The zero-order chi connectivity index (χ0) is 11.0. The molecule has 0 saturated heterocycles. The van der Waals surface area contributed by atoms with Crippen LogP contribution in [0.1, 0.15) is 16.1 Å². The number of thioether (sulfide) groups is 1. The number of rotatable bonds is 2. The second-order valence-corrected chi connectivity index (χ2v) is 4.07. The molecule has 0 bridgehead atoms. The minimum atomic E-state index is -0.923. The highest BCUT2D eigenvalue weighted by molar-refractivity contribution is 7.98. The summed E-state index contributed by atoms with van der Waals surface area (Å²) in [6.07, 6.45) is 1.94. The van der Waals surface area contributed by atoms with Crippen LogP contribution in [-0.2, 0) is 0 Å². The molecule has 1 heterocycles. The predicted octanol–water partition coefficient (Wildman–Crippen LogP) is 3.16. The maximum Gasteiger partial charge on any atom is 0.336 e. The first kappa shape index (κ1) is 10.1. The SMILES string of the molecule is CSc1ccc(C(=O)O)c2cc(C)oc12. The molecule has 0 aliphatic rings. The molecule has 78 valence electrons. The van der Waals surface area contributed by atoms with Crippen molar-refractivity contribution in [3.8, 4) is 0 Å². The Kier molecular flexibility index (Phi) is 2.44. The van der Waals surface area contributed by atoms with Crippen LogP contribution in [0.15, 0.2) is 27.5 Å². The van der Waals surface area contributed by atoms with Gasteiger partial charge in [0, 0.05) is 5.39 Å². The lowest BCUT2D eigenvalue weighted by Crippen LogP contribution is -1.96. The Morgan fingerprint density at radius 3 is 2.80 bits per heavy atom. The molecule has 0 aliphatic heterocycles. The number of hydrogen-bond acceptors (Lipinski definition) is 3. The summed E-state index contributed by atoms with van der Waals surface area (Å²) in [5.74, 6) is -0.192. The summed E-state index contributed by atoms with van der Waals surface area (Å²) >= 11 is 1.55. The van der Waals surface area contributed by atoms with Crippen molar-refractivity contribution in [3.63, 3.8) is 0 Å². The van der Waals surface area contributed by atoms with E-state index < -0.39 is 5.97 Å². The number of aryl methyl sites for hydroxylation is 1. The van der Waals surface area contributed by atoms with E-state index in [1.54, 1.807) is 30.0 Å². The van der Waals surface area contributed by atoms with Crippen LogP contribution >= 0.6 is 11.8 Å². The molecule has 2 aromatic rings. The molecule has 0 radical (unpaired) electrons. The highest BCUT2D eigenvalue weighted by Crippen LogP contribution is 2.31. The number of carboxylic acid groups (broad SMARTS) is 1. The van der Waals surface area contributed by atoms with Crippen LogP contribution in [0.4, 0.5) is 0 Å². The topological polar surface area (TPSA) is 50.4 Å². The van der Waals surface area contributed by atoms with E-state index in [0.717, 1.165) is 10.7 Å². The molecule has 3 nitrogen and oxygen atoms in total. The Balaban J connectivity index is 2.82. The average Bonchev–Trinajstić information content (AvgIpc) is 2.56.